The first-order valence-corrected chi connectivity index (χ1v) is 7.12. The summed E-state index contributed by atoms with van der Waals surface area (Å²) >= 11 is 0. The lowest BCUT2D eigenvalue weighted by Gasteiger charge is -2.31. The molecule has 2 heteroatoms. The summed E-state index contributed by atoms with van der Waals surface area (Å²) in [6.45, 7) is 11.4. The molecule has 1 aromatic rings. The van der Waals surface area contributed by atoms with E-state index in [4.69, 9.17) is 0 Å². The molecule has 1 fully saturated rings. The lowest BCUT2D eigenvalue weighted by Crippen LogP contribution is -2.48. The standard InChI is InChI=1S/C16H26N2/c1-4-13-5-7-15(8-6-13)16(2,3)12-18-11-14-9-17-10-14/h5-8,14,17-18H,4,9-12H2,1-3H3. The Morgan fingerprint density at radius 2 is 1.89 bits per heavy atom. The van der Waals surface area contributed by atoms with E-state index >= 15 is 0 Å². The minimum Gasteiger partial charge on any atom is -0.316 e. The summed E-state index contributed by atoms with van der Waals surface area (Å²) in [5.41, 5.74) is 3.06. The average Bonchev–Trinajstić information content (AvgIpc) is 2.32. The number of hydrogen-bond donors (Lipinski definition) is 2. The fourth-order valence-electron chi connectivity index (χ4n) is 2.38. The van der Waals surface area contributed by atoms with E-state index in [9.17, 15) is 0 Å². The van der Waals surface area contributed by atoms with Gasteiger partial charge >= 0.3 is 0 Å². The molecule has 1 saturated heterocycles. The number of rotatable bonds is 6. The van der Waals surface area contributed by atoms with Gasteiger partial charge < -0.3 is 10.6 Å². The third-order valence-electron chi connectivity index (χ3n) is 4.01. The Morgan fingerprint density at radius 1 is 1.22 bits per heavy atom. The molecule has 1 aromatic carbocycles. The second kappa shape index (κ2) is 5.85. The van der Waals surface area contributed by atoms with Crippen molar-refractivity contribution >= 4 is 0 Å². The first-order chi connectivity index (χ1) is 8.62. The molecule has 1 heterocycles. The lowest BCUT2D eigenvalue weighted by molar-refractivity contribution is 0.319. The van der Waals surface area contributed by atoms with Gasteiger partial charge in [-0.15, -0.1) is 0 Å². The maximum absolute atomic E-state index is 3.61. The van der Waals surface area contributed by atoms with E-state index in [1.807, 2.05) is 0 Å². The fourth-order valence-corrected chi connectivity index (χ4v) is 2.38. The predicted molar refractivity (Wildman–Crippen MR) is 78.1 cm³/mol. The summed E-state index contributed by atoms with van der Waals surface area (Å²) in [6, 6.07) is 9.08. The highest BCUT2D eigenvalue weighted by molar-refractivity contribution is 5.28. The van der Waals surface area contributed by atoms with Crippen LogP contribution < -0.4 is 10.6 Å². The normalized spacial score (nSPS) is 16.6. The first kappa shape index (κ1) is 13.6. The molecular weight excluding hydrogens is 220 g/mol. The molecule has 2 N–H and O–H groups in total. The molecule has 18 heavy (non-hydrogen) atoms. The van der Waals surface area contributed by atoms with Gasteiger partial charge in [-0.05, 0) is 23.5 Å². The van der Waals surface area contributed by atoms with Crippen LogP contribution in [0.15, 0.2) is 24.3 Å². The molecule has 0 spiro atoms. The maximum atomic E-state index is 3.61. The van der Waals surface area contributed by atoms with Crippen LogP contribution in [0, 0.1) is 5.92 Å². The van der Waals surface area contributed by atoms with Gasteiger partial charge in [0.25, 0.3) is 0 Å². The van der Waals surface area contributed by atoms with Gasteiger partial charge in [-0.1, -0.05) is 45.0 Å². The van der Waals surface area contributed by atoms with Crippen molar-refractivity contribution in [2.45, 2.75) is 32.6 Å². The van der Waals surface area contributed by atoms with Crippen LogP contribution in [-0.4, -0.2) is 26.2 Å². The third kappa shape index (κ3) is 3.33. The molecule has 2 rings (SSSR count). The van der Waals surface area contributed by atoms with E-state index in [0.717, 1.165) is 25.4 Å². The summed E-state index contributed by atoms with van der Waals surface area (Å²) < 4.78 is 0. The summed E-state index contributed by atoms with van der Waals surface area (Å²) in [5, 5.41) is 6.93. The Hall–Kier alpha value is -0.860. The van der Waals surface area contributed by atoms with E-state index in [-0.39, 0.29) is 5.41 Å². The van der Waals surface area contributed by atoms with Crippen LogP contribution in [0.2, 0.25) is 0 Å². The van der Waals surface area contributed by atoms with Gasteiger partial charge in [0.2, 0.25) is 0 Å². The van der Waals surface area contributed by atoms with Gasteiger partial charge in [-0.3, -0.25) is 0 Å². The highest BCUT2D eigenvalue weighted by atomic mass is 15.0. The molecule has 1 aliphatic heterocycles. The highest BCUT2D eigenvalue weighted by Crippen LogP contribution is 2.22. The van der Waals surface area contributed by atoms with Crippen LogP contribution >= 0.6 is 0 Å². The molecule has 1 aliphatic rings. The third-order valence-corrected chi connectivity index (χ3v) is 4.01. The van der Waals surface area contributed by atoms with Crippen molar-refractivity contribution in [2.75, 3.05) is 26.2 Å². The number of benzene rings is 1. The van der Waals surface area contributed by atoms with Gasteiger partial charge in [0.05, 0.1) is 0 Å². The second-order valence-electron chi connectivity index (χ2n) is 6.09. The first-order valence-electron chi connectivity index (χ1n) is 7.12. The number of aryl methyl sites for hydroxylation is 1. The van der Waals surface area contributed by atoms with Crippen molar-refractivity contribution in [3.8, 4) is 0 Å². The van der Waals surface area contributed by atoms with Crippen molar-refractivity contribution in [2.24, 2.45) is 5.92 Å². The highest BCUT2D eigenvalue weighted by Gasteiger charge is 2.22. The largest absolute Gasteiger partial charge is 0.316 e. The Morgan fingerprint density at radius 3 is 2.39 bits per heavy atom. The van der Waals surface area contributed by atoms with Gasteiger partial charge in [-0.25, -0.2) is 0 Å². The molecule has 0 bridgehead atoms. The topological polar surface area (TPSA) is 24.1 Å². The van der Waals surface area contributed by atoms with Crippen molar-refractivity contribution in [3.05, 3.63) is 35.4 Å². The van der Waals surface area contributed by atoms with Crippen molar-refractivity contribution < 1.29 is 0 Å². The van der Waals surface area contributed by atoms with Crippen molar-refractivity contribution in [3.63, 3.8) is 0 Å². The molecule has 0 aliphatic carbocycles. The monoisotopic (exact) mass is 246 g/mol. The molecule has 2 nitrogen and oxygen atoms in total. The SMILES string of the molecule is CCc1ccc(C(C)(C)CNCC2CNC2)cc1. The fraction of sp³-hybridized carbons (Fsp3) is 0.625. The average molecular weight is 246 g/mol. The number of nitrogens with one attached hydrogen (secondary N) is 2. The van der Waals surface area contributed by atoms with E-state index in [1.165, 1.54) is 24.2 Å². The Bertz CT molecular complexity index is 363. The second-order valence-corrected chi connectivity index (χ2v) is 6.09. The van der Waals surface area contributed by atoms with Crippen LogP contribution in [0.3, 0.4) is 0 Å². The maximum Gasteiger partial charge on any atom is 0.00433 e. The zero-order valence-electron chi connectivity index (χ0n) is 11.9. The van der Waals surface area contributed by atoms with Gasteiger partial charge in [0, 0.05) is 31.6 Å². The quantitative estimate of drug-likeness (QED) is 0.805. The van der Waals surface area contributed by atoms with Crippen LogP contribution in [0.4, 0.5) is 0 Å². The molecule has 0 atom stereocenters. The van der Waals surface area contributed by atoms with Crippen molar-refractivity contribution in [1.29, 1.82) is 0 Å². The minimum absolute atomic E-state index is 0.212. The van der Waals surface area contributed by atoms with Gasteiger partial charge in [0.15, 0.2) is 0 Å². The molecule has 0 aromatic heterocycles. The smallest absolute Gasteiger partial charge is 0.00433 e. The van der Waals surface area contributed by atoms with Crippen LogP contribution in [0.25, 0.3) is 0 Å². The van der Waals surface area contributed by atoms with E-state index in [2.05, 4.69) is 55.7 Å². The Balaban J connectivity index is 1.86. The molecule has 0 saturated carbocycles. The van der Waals surface area contributed by atoms with Crippen LogP contribution in [0.1, 0.15) is 31.9 Å². The zero-order chi connectivity index (χ0) is 13.0. The summed E-state index contributed by atoms with van der Waals surface area (Å²) in [5.74, 6) is 0.836. The van der Waals surface area contributed by atoms with E-state index < -0.39 is 0 Å². The molecule has 0 amide bonds. The zero-order valence-corrected chi connectivity index (χ0v) is 11.9. The summed E-state index contributed by atoms with van der Waals surface area (Å²) in [4.78, 5) is 0. The molecule has 100 valence electrons. The Labute approximate surface area is 111 Å². The minimum atomic E-state index is 0.212. The molecule has 0 radical (unpaired) electrons. The van der Waals surface area contributed by atoms with Gasteiger partial charge in [0.1, 0.15) is 0 Å². The van der Waals surface area contributed by atoms with Crippen LogP contribution in [-0.2, 0) is 11.8 Å². The number of hydrogen-bond acceptors (Lipinski definition) is 2. The molecule has 0 unspecified atom stereocenters. The van der Waals surface area contributed by atoms with E-state index in [0.29, 0.717) is 0 Å². The lowest BCUT2D eigenvalue weighted by atomic mass is 9.84. The summed E-state index contributed by atoms with van der Waals surface area (Å²) in [6.07, 6.45) is 1.12. The summed E-state index contributed by atoms with van der Waals surface area (Å²) in [7, 11) is 0. The Kier molecular flexibility index (Phi) is 4.41. The molecular formula is C16H26N2. The van der Waals surface area contributed by atoms with Gasteiger partial charge in [-0.2, -0.15) is 0 Å². The van der Waals surface area contributed by atoms with E-state index in [1.54, 1.807) is 0 Å². The van der Waals surface area contributed by atoms with Crippen LogP contribution in [0.5, 0.6) is 0 Å². The van der Waals surface area contributed by atoms with Crippen molar-refractivity contribution in [1.82, 2.24) is 10.6 Å². The predicted octanol–water partition coefficient (Wildman–Crippen LogP) is 2.34.